The largest absolute Gasteiger partial charge is 0.494 e. The Morgan fingerprint density at radius 1 is 1.47 bits per heavy atom. The molecule has 0 aliphatic rings. The van der Waals surface area contributed by atoms with Crippen LogP contribution in [-0.2, 0) is 4.84 Å². The minimum atomic E-state index is -0.931. The number of hydrogen-bond donors (Lipinski definition) is 2. The lowest BCUT2D eigenvalue weighted by Crippen LogP contribution is -2.34. The fraction of sp³-hybridized carbons (Fsp3) is 0.333. The number of nitrogens with zero attached hydrogens (tertiary/aromatic N) is 2. The monoisotopic (exact) mass is 267 g/mol. The first-order valence-corrected chi connectivity index (χ1v) is 5.77. The number of ether oxygens (including phenoxy) is 1. The second kappa shape index (κ2) is 7.93. The smallest absolute Gasteiger partial charge is 0.338 e. The van der Waals surface area contributed by atoms with Gasteiger partial charge in [-0.2, -0.15) is 0 Å². The van der Waals surface area contributed by atoms with E-state index in [0.717, 1.165) is 11.3 Å². The molecule has 0 heterocycles. The molecule has 0 unspecified atom stereocenters. The maximum Gasteiger partial charge on any atom is 0.338 e. The Kier molecular flexibility index (Phi) is 6.17. The SMILES string of the molecule is CCOc1ccc(/C=N/OCCN(O)C(N)=O)cc1. The van der Waals surface area contributed by atoms with Gasteiger partial charge in [0.15, 0.2) is 0 Å². The van der Waals surface area contributed by atoms with Crippen LogP contribution in [0.4, 0.5) is 4.79 Å². The molecule has 0 radical (unpaired) electrons. The van der Waals surface area contributed by atoms with E-state index in [1.165, 1.54) is 6.21 Å². The van der Waals surface area contributed by atoms with Crippen molar-refractivity contribution in [2.24, 2.45) is 10.9 Å². The molecular formula is C12H17N3O4. The number of rotatable bonds is 7. The van der Waals surface area contributed by atoms with Gasteiger partial charge in [0.25, 0.3) is 0 Å². The predicted octanol–water partition coefficient (Wildman–Crippen LogP) is 1.21. The molecule has 19 heavy (non-hydrogen) atoms. The van der Waals surface area contributed by atoms with Gasteiger partial charge in [-0.05, 0) is 36.8 Å². The summed E-state index contributed by atoms with van der Waals surface area (Å²) < 4.78 is 5.30. The Balaban J connectivity index is 2.30. The van der Waals surface area contributed by atoms with Crippen molar-refractivity contribution < 1.29 is 19.6 Å². The Labute approximate surface area is 111 Å². The summed E-state index contributed by atoms with van der Waals surface area (Å²) >= 11 is 0. The summed E-state index contributed by atoms with van der Waals surface area (Å²) in [6.07, 6.45) is 1.52. The van der Waals surface area contributed by atoms with E-state index in [1.807, 2.05) is 31.2 Å². The van der Waals surface area contributed by atoms with E-state index in [2.05, 4.69) is 5.16 Å². The van der Waals surface area contributed by atoms with E-state index in [0.29, 0.717) is 11.7 Å². The first-order valence-electron chi connectivity index (χ1n) is 5.77. The van der Waals surface area contributed by atoms with Crippen molar-refractivity contribution in [3.63, 3.8) is 0 Å². The third-order valence-corrected chi connectivity index (χ3v) is 2.12. The number of hydroxylamine groups is 2. The molecule has 1 rings (SSSR count). The third-order valence-electron chi connectivity index (χ3n) is 2.12. The molecule has 0 aliphatic carbocycles. The highest BCUT2D eigenvalue weighted by molar-refractivity contribution is 5.79. The minimum Gasteiger partial charge on any atom is -0.494 e. The highest BCUT2D eigenvalue weighted by atomic mass is 16.6. The molecule has 7 nitrogen and oxygen atoms in total. The van der Waals surface area contributed by atoms with Crippen LogP contribution in [0.3, 0.4) is 0 Å². The summed E-state index contributed by atoms with van der Waals surface area (Å²) in [5, 5.41) is 13.0. The topological polar surface area (TPSA) is 97.4 Å². The van der Waals surface area contributed by atoms with Gasteiger partial charge in [0, 0.05) is 0 Å². The maximum absolute atomic E-state index is 10.5. The summed E-state index contributed by atoms with van der Waals surface area (Å²) in [5.74, 6) is 0.790. The van der Waals surface area contributed by atoms with Crippen molar-refractivity contribution in [1.82, 2.24) is 5.06 Å². The van der Waals surface area contributed by atoms with E-state index >= 15 is 0 Å². The van der Waals surface area contributed by atoms with Crippen molar-refractivity contribution in [3.05, 3.63) is 29.8 Å². The lowest BCUT2D eigenvalue weighted by atomic mass is 10.2. The second-order valence-electron chi connectivity index (χ2n) is 3.53. The maximum atomic E-state index is 10.5. The van der Waals surface area contributed by atoms with Crippen molar-refractivity contribution in [2.45, 2.75) is 6.92 Å². The fourth-order valence-electron chi connectivity index (χ4n) is 1.21. The molecule has 0 aromatic heterocycles. The fourth-order valence-corrected chi connectivity index (χ4v) is 1.21. The van der Waals surface area contributed by atoms with E-state index in [-0.39, 0.29) is 13.2 Å². The quantitative estimate of drug-likeness (QED) is 0.336. The molecule has 0 atom stereocenters. The molecule has 2 amide bonds. The summed E-state index contributed by atoms with van der Waals surface area (Å²) in [6, 6.07) is 6.39. The van der Waals surface area contributed by atoms with E-state index in [9.17, 15) is 4.79 Å². The molecule has 3 N–H and O–H groups in total. The molecular weight excluding hydrogens is 250 g/mol. The highest BCUT2D eigenvalue weighted by Gasteiger charge is 2.03. The molecule has 0 aliphatic heterocycles. The predicted molar refractivity (Wildman–Crippen MR) is 69.2 cm³/mol. The van der Waals surface area contributed by atoms with Crippen LogP contribution in [0.1, 0.15) is 12.5 Å². The van der Waals surface area contributed by atoms with Gasteiger partial charge in [0.1, 0.15) is 12.4 Å². The van der Waals surface area contributed by atoms with Crippen molar-refractivity contribution >= 4 is 12.2 Å². The Morgan fingerprint density at radius 3 is 2.74 bits per heavy atom. The molecule has 7 heteroatoms. The van der Waals surface area contributed by atoms with Crippen molar-refractivity contribution in [2.75, 3.05) is 19.8 Å². The number of amides is 2. The van der Waals surface area contributed by atoms with Crippen LogP contribution >= 0.6 is 0 Å². The molecule has 1 aromatic rings. The number of benzene rings is 1. The van der Waals surface area contributed by atoms with Gasteiger partial charge in [-0.15, -0.1) is 0 Å². The average molecular weight is 267 g/mol. The zero-order chi connectivity index (χ0) is 14.1. The zero-order valence-electron chi connectivity index (χ0n) is 10.7. The second-order valence-corrected chi connectivity index (χ2v) is 3.53. The number of nitrogens with two attached hydrogens (primary N) is 1. The minimum absolute atomic E-state index is 0.0457. The summed E-state index contributed by atoms with van der Waals surface area (Å²) in [4.78, 5) is 15.3. The van der Waals surface area contributed by atoms with Crippen LogP contribution in [-0.4, -0.2) is 42.3 Å². The van der Waals surface area contributed by atoms with Gasteiger partial charge in [-0.1, -0.05) is 5.16 Å². The number of primary amides is 1. The number of carbonyl (C=O) groups is 1. The molecule has 0 fully saturated rings. The van der Waals surface area contributed by atoms with Gasteiger partial charge < -0.3 is 15.3 Å². The third kappa shape index (κ3) is 5.73. The molecule has 0 spiro atoms. The first-order chi connectivity index (χ1) is 9.13. The summed E-state index contributed by atoms with van der Waals surface area (Å²) in [6.45, 7) is 2.54. The van der Waals surface area contributed by atoms with E-state index < -0.39 is 6.03 Å². The zero-order valence-corrected chi connectivity index (χ0v) is 10.7. The Bertz CT molecular complexity index is 419. The van der Waals surface area contributed by atoms with E-state index in [4.69, 9.17) is 20.5 Å². The number of oxime groups is 1. The summed E-state index contributed by atoms with van der Waals surface area (Å²) in [7, 11) is 0. The van der Waals surface area contributed by atoms with Crippen LogP contribution in [0.5, 0.6) is 5.75 Å². The number of hydrogen-bond acceptors (Lipinski definition) is 5. The lowest BCUT2D eigenvalue weighted by Gasteiger charge is -2.09. The first kappa shape index (κ1) is 14.8. The van der Waals surface area contributed by atoms with Gasteiger partial charge in [-0.25, -0.2) is 9.86 Å². The van der Waals surface area contributed by atoms with Crippen LogP contribution in [0, 0.1) is 0 Å². The van der Waals surface area contributed by atoms with Gasteiger partial charge in [-0.3, -0.25) is 5.21 Å². The summed E-state index contributed by atoms with van der Waals surface area (Å²) in [5.41, 5.74) is 5.66. The van der Waals surface area contributed by atoms with Crippen LogP contribution in [0.25, 0.3) is 0 Å². The molecule has 104 valence electrons. The Hall–Kier alpha value is -2.28. The molecule has 0 bridgehead atoms. The standard InChI is InChI=1S/C12H17N3O4/c1-2-18-11-5-3-10(4-6-11)9-14-19-8-7-15(17)12(13)16/h3-6,9,17H,2,7-8H2,1H3,(H2,13,16)/b14-9+. The molecule has 0 saturated carbocycles. The van der Waals surface area contributed by atoms with Crippen LogP contribution in [0.15, 0.2) is 29.4 Å². The number of carbonyl (C=O) groups excluding carboxylic acids is 1. The molecule has 1 aromatic carbocycles. The normalized spacial score (nSPS) is 10.4. The van der Waals surface area contributed by atoms with Crippen molar-refractivity contribution in [3.8, 4) is 5.75 Å². The van der Waals surface area contributed by atoms with Crippen LogP contribution in [0.2, 0.25) is 0 Å². The van der Waals surface area contributed by atoms with Crippen molar-refractivity contribution in [1.29, 1.82) is 0 Å². The van der Waals surface area contributed by atoms with E-state index in [1.54, 1.807) is 0 Å². The lowest BCUT2D eigenvalue weighted by molar-refractivity contribution is -0.0559. The molecule has 0 saturated heterocycles. The van der Waals surface area contributed by atoms with Gasteiger partial charge in [0.05, 0.1) is 19.4 Å². The Morgan fingerprint density at radius 2 is 2.16 bits per heavy atom. The highest BCUT2D eigenvalue weighted by Crippen LogP contribution is 2.10. The van der Waals surface area contributed by atoms with Gasteiger partial charge >= 0.3 is 6.03 Å². The van der Waals surface area contributed by atoms with Crippen LogP contribution < -0.4 is 10.5 Å². The average Bonchev–Trinajstić information content (AvgIpc) is 2.40. The van der Waals surface area contributed by atoms with Gasteiger partial charge in [0.2, 0.25) is 0 Å². The number of urea groups is 1.